The summed E-state index contributed by atoms with van der Waals surface area (Å²) in [5.74, 6) is 1.37. The highest BCUT2D eigenvalue weighted by Crippen LogP contribution is 2.33. The number of halogens is 2. The molecule has 1 aromatic heterocycles. The monoisotopic (exact) mass is 367 g/mol. The van der Waals surface area contributed by atoms with Gasteiger partial charge in [-0.25, -0.2) is 4.98 Å². The number of para-hydroxylation sites is 1. The first-order chi connectivity index (χ1) is 10.8. The third kappa shape index (κ3) is 3.82. The first-order valence-electron chi connectivity index (χ1n) is 8.22. The highest BCUT2D eigenvalue weighted by molar-refractivity contribution is 5.95. The maximum atomic E-state index is 12.5. The number of benzene rings is 1. The lowest BCUT2D eigenvalue weighted by Crippen LogP contribution is -2.40. The summed E-state index contributed by atoms with van der Waals surface area (Å²) in [5, 5.41) is 7.57. The average molecular weight is 368 g/mol. The zero-order chi connectivity index (χ0) is 14.9. The van der Waals surface area contributed by atoms with Crippen LogP contribution in [-0.4, -0.2) is 23.0 Å². The largest absolute Gasteiger partial charge is 0.309 e. The molecule has 4 rings (SSSR count). The lowest BCUT2D eigenvalue weighted by Gasteiger charge is -2.24. The van der Waals surface area contributed by atoms with E-state index in [1.54, 1.807) is 0 Å². The number of anilines is 1. The summed E-state index contributed by atoms with van der Waals surface area (Å²) < 4.78 is 0. The van der Waals surface area contributed by atoms with Crippen molar-refractivity contribution in [2.24, 2.45) is 5.92 Å². The number of carbonyl (C=O) groups is 1. The summed E-state index contributed by atoms with van der Waals surface area (Å²) in [4.78, 5) is 17.0. The molecule has 1 amide bonds. The number of fused-ring (bicyclic) bond motifs is 2. The minimum Gasteiger partial charge on any atom is -0.309 e. The van der Waals surface area contributed by atoms with Gasteiger partial charge in [0.25, 0.3) is 0 Å². The maximum absolute atomic E-state index is 12.5. The SMILES string of the molecule is Cl.Cl.O=C(Nc1ccc2ccccc2n1)C1CC2CCCCC2N1. The van der Waals surface area contributed by atoms with E-state index < -0.39 is 0 Å². The van der Waals surface area contributed by atoms with Crippen LogP contribution in [0.25, 0.3) is 10.9 Å². The standard InChI is InChI=1S/C18H21N3O.2ClH/c22-18(16-11-13-6-2-4-8-15(13)19-16)21-17-10-9-12-5-1-3-7-14(12)20-17;;/h1,3,5,7,9-10,13,15-16,19H,2,4,6,8,11H2,(H,20,21,22);2*1H. The van der Waals surface area contributed by atoms with Crippen molar-refractivity contribution in [3.05, 3.63) is 36.4 Å². The van der Waals surface area contributed by atoms with E-state index in [0.717, 1.165) is 17.3 Å². The average Bonchev–Trinajstić information content (AvgIpc) is 2.99. The second-order valence-electron chi connectivity index (χ2n) is 6.48. The van der Waals surface area contributed by atoms with Crippen molar-refractivity contribution >= 4 is 47.4 Å². The van der Waals surface area contributed by atoms with Crippen LogP contribution in [0.15, 0.2) is 36.4 Å². The summed E-state index contributed by atoms with van der Waals surface area (Å²) in [7, 11) is 0. The van der Waals surface area contributed by atoms with Crippen LogP contribution in [-0.2, 0) is 4.79 Å². The van der Waals surface area contributed by atoms with Gasteiger partial charge in [0.05, 0.1) is 11.6 Å². The molecule has 0 radical (unpaired) electrons. The van der Waals surface area contributed by atoms with Gasteiger partial charge in [-0.05, 0) is 43.4 Å². The number of pyridine rings is 1. The molecule has 4 nitrogen and oxygen atoms in total. The predicted octanol–water partition coefficient (Wildman–Crippen LogP) is 3.94. The first-order valence-corrected chi connectivity index (χ1v) is 8.22. The molecule has 1 saturated heterocycles. The minimum absolute atomic E-state index is 0. The first kappa shape index (κ1) is 19.0. The van der Waals surface area contributed by atoms with Crippen LogP contribution in [0, 0.1) is 5.92 Å². The third-order valence-electron chi connectivity index (χ3n) is 5.03. The van der Waals surface area contributed by atoms with E-state index >= 15 is 0 Å². The number of nitrogens with one attached hydrogen (secondary N) is 2. The summed E-state index contributed by atoms with van der Waals surface area (Å²) in [6, 6.07) is 12.3. The Labute approximate surface area is 154 Å². The molecule has 24 heavy (non-hydrogen) atoms. The Morgan fingerprint density at radius 3 is 2.71 bits per heavy atom. The minimum atomic E-state index is -0.0682. The maximum Gasteiger partial charge on any atom is 0.242 e. The fourth-order valence-corrected chi connectivity index (χ4v) is 3.87. The van der Waals surface area contributed by atoms with Gasteiger partial charge in [-0.1, -0.05) is 31.0 Å². The molecular formula is C18H23Cl2N3O. The zero-order valence-corrected chi connectivity index (χ0v) is 15.0. The fourth-order valence-electron chi connectivity index (χ4n) is 3.87. The number of carbonyl (C=O) groups excluding carboxylic acids is 1. The summed E-state index contributed by atoms with van der Waals surface area (Å²) in [6.07, 6.45) is 6.03. The number of amides is 1. The van der Waals surface area contributed by atoms with Crippen LogP contribution in [0.1, 0.15) is 32.1 Å². The molecule has 2 fully saturated rings. The lowest BCUT2D eigenvalue weighted by atomic mass is 9.85. The van der Waals surface area contributed by atoms with Gasteiger partial charge in [0.2, 0.25) is 5.91 Å². The Hall–Kier alpha value is -1.36. The van der Waals surface area contributed by atoms with Gasteiger partial charge in [0.1, 0.15) is 5.82 Å². The lowest BCUT2D eigenvalue weighted by molar-refractivity contribution is -0.117. The molecule has 1 aromatic carbocycles. The van der Waals surface area contributed by atoms with Gasteiger partial charge in [0, 0.05) is 11.4 Å². The van der Waals surface area contributed by atoms with Crippen molar-refractivity contribution in [2.75, 3.05) is 5.32 Å². The highest BCUT2D eigenvalue weighted by Gasteiger charge is 2.38. The van der Waals surface area contributed by atoms with Crippen molar-refractivity contribution in [3.8, 4) is 0 Å². The molecule has 2 aliphatic rings. The number of hydrogen-bond acceptors (Lipinski definition) is 3. The summed E-state index contributed by atoms with van der Waals surface area (Å²) >= 11 is 0. The molecule has 0 spiro atoms. The van der Waals surface area contributed by atoms with Gasteiger partial charge in [-0.3, -0.25) is 4.79 Å². The molecule has 2 aromatic rings. The molecule has 2 N–H and O–H groups in total. The molecule has 2 heterocycles. The molecule has 1 aliphatic carbocycles. The van der Waals surface area contributed by atoms with Crippen LogP contribution in [0.3, 0.4) is 0 Å². The van der Waals surface area contributed by atoms with Gasteiger partial charge < -0.3 is 10.6 Å². The second kappa shape index (κ2) is 8.15. The van der Waals surface area contributed by atoms with Crippen LogP contribution in [0.5, 0.6) is 0 Å². The molecule has 1 saturated carbocycles. The van der Waals surface area contributed by atoms with Crippen LogP contribution in [0.4, 0.5) is 5.82 Å². The fraction of sp³-hybridized carbons (Fsp3) is 0.444. The van der Waals surface area contributed by atoms with Crippen molar-refractivity contribution < 1.29 is 4.79 Å². The smallest absolute Gasteiger partial charge is 0.242 e. The van der Waals surface area contributed by atoms with Gasteiger partial charge in [-0.15, -0.1) is 24.8 Å². The Morgan fingerprint density at radius 2 is 1.88 bits per heavy atom. The van der Waals surface area contributed by atoms with Crippen LogP contribution in [0.2, 0.25) is 0 Å². The second-order valence-corrected chi connectivity index (χ2v) is 6.48. The normalized spacial score (nSPS) is 25.2. The number of nitrogens with zero attached hydrogens (tertiary/aromatic N) is 1. The number of aromatic nitrogens is 1. The Kier molecular flexibility index (Phi) is 6.44. The van der Waals surface area contributed by atoms with Crippen molar-refractivity contribution in [1.29, 1.82) is 0 Å². The van der Waals surface area contributed by atoms with E-state index in [4.69, 9.17) is 0 Å². The molecule has 1 aliphatic heterocycles. The van der Waals surface area contributed by atoms with Crippen molar-refractivity contribution in [3.63, 3.8) is 0 Å². The number of rotatable bonds is 2. The van der Waals surface area contributed by atoms with Gasteiger partial charge in [0.15, 0.2) is 0 Å². The van der Waals surface area contributed by atoms with E-state index in [0.29, 0.717) is 17.8 Å². The van der Waals surface area contributed by atoms with Gasteiger partial charge in [-0.2, -0.15) is 0 Å². The molecule has 130 valence electrons. The molecular weight excluding hydrogens is 345 g/mol. The molecule has 3 atom stereocenters. The van der Waals surface area contributed by atoms with E-state index in [9.17, 15) is 4.79 Å². The zero-order valence-electron chi connectivity index (χ0n) is 13.4. The Balaban J connectivity index is 0.00000104. The summed E-state index contributed by atoms with van der Waals surface area (Å²) in [6.45, 7) is 0. The van der Waals surface area contributed by atoms with E-state index in [-0.39, 0.29) is 36.8 Å². The topological polar surface area (TPSA) is 54.0 Å². The van der Waals surface area contributed by atoms with E-state index in [2.05, 4.69) is 15.6 Å². The molecule has 3 unspecified atom stereocenters. The Bertz CT molecular complexity index is 695. The van der Waals surface area contributed by atoms with Crippen molar-refractivity contribution in [1.82, 2.24) is 10.3 Å². The van der Waals surface area contributed by atoms with Crippen molar-refractivity contribution in [2.45, 2.75) is 44.2 Å². The van der Waals surface area contributed by atoms with E-state index in [1.807, 2.05) is 36.4 Å². The predicted molar refractivity (Wildman–Crippen MR) is 102 cm³/mol. The molecule has 6 heteroatoms. The summed E-state index contributed by atoms with van der Waals surface area (Å²) in [5.41, 5.74) is 0.911. The highest BCUT2D eigenvalue weighted by atomic mass is 35.5. The number of hydrogen-bond donors (Lipinski definition) is 2. The molecule has 0 bridgehead atoms. The van der Waals surface area contributed by atoms with E-state index in [1.165, 1.54) is 25.7 Å². The van der Waals surface area contributed by atoms with Crippen LogP contribution >= 0.6 is 24.8 Å². The van der Waals surface area contributed by atoms with Gasteiger partial charge >= 0.3 is 0 Å². The quantitative estimate of drug-likeness (QED) is 0.844. The Morgan fingerprint density at radius 1 is 1.08 bits per heavy atom. The third-order valence-corrected chi connectivity index (χ3v) is 5.03. The van der Waals surface area contributed by atoms with Crippen LogP contribution < -0.4 is 10.6 Å².